The van der Waals surface area contributed by atoms with E-state index in [9.17, 15) is 0 Å². The molecule has 0 aliphatic carbocycles. The number of methoxy groups -OCH3 is 2. The van der Waals surface area contributed by atoms with Gasteiger partial charge in [0.15, 0.2) is 0 Å². The molecule has 0 radical (unpaired) electrons. The topological polar surface area (TPSA) is 55.4 Å². The van der Waals surface area contributed by atoms with E-state index in [1.165, 1.54) is 0 Å². The van der Waals surface area contributed by atoms with Gasteiger partial charge in [-0.3, -0.25) is 0 Å². The Bertz CT molecular complexity index is 273. The molecular formula is C13H23N3O2. The van der Waals surface area contributed by atoms with Gasteiger partial charge in [-0.1, -0.05) is 0 Å². The third-order valence-electron chi connectivity index (χ3n) is 2.45. The van der Waals surface area contributed by atoms with E-state index in [1.807, 2.05) is 18.3 Å². The van der Waals surface area contributed by atoms with E-state index < -0.39 is 0 Å². The van der Waals surface area contributed by atoms with Gasteiger partial charge in [-0.2, -0.15) is 0 Å². The van der Waals surface area contributed by atoms with Gasteiger partial charge in [0.05, 0.1) is 11.9 Å². The van der Waals surface area contributed by atoms with Crippen molar-refractivity contribution in [2.45, 2.75) is 12.8 Å². The van der Waals surface area contributed by atoms with Crippen molar-refractivity contribution in [3.63, 3.8) is 0 Å². The number of pyridine rings is 1. The second-order valence-electron chi connectivity index (χ2n) is 3.98. The summed E-state index contributed by atoms with van der Waals surface area (Å²) < 4.78 is 9.97. The van der Waals surface area contributed by atoms with Crippen LogP contribution in [-0.2, 0) is 9.47 Å². The van der Waals surface area contributed by atoms with Crippen LogP contribution in [0.1, 0.15) is 12.8 Å². The Labute approximate surface area is 109 Å². The number of hydrogen-bond donors (Lipinski definition) is 2. The Morgan fingerprint density at radius 3 is 2.22 bits per heavy atom. The van der Waals surface area contributed by atoms with Crippen LogP contribution in [0.3, 0.4) is 0 Å². The summed E-state index contributed by atoms with van der Waals surface area (Å²) in [7, 11) is 3.42. The number of ether oxygens (including phenoxy) is 2. The van der Waals surface area contributed by atoms with Crippen LogP contribution in [-0.4, -0.2) is 45.5 Å². The number of anilines is 2. The second kappa shape index (κ2) is 9.67. The lowest BCUT2D eigenvalue weighted by Gasteiger charge is -2.08. The molecule has 0 saturated heterocycles. The minimum Gasteiger partial charge on any atom is -0.385 e. The maximum absolute atomic E-state index is 4.99. The number of nitrogens with one attached hydrogen (secondary N) is 2. The normalized spacial score (nSPS) is 10.3. The van der Waals surface area contributed by atoms with Gasteiger partial charge in [-0.05, 0) is 25.0 Å². The molecule has 0 aromatic carbocycles. The molecule has 5 heteroatoms. The van der Waals surface area contributed by atoms with Crippen molar-refractivity contribution < 1.29 is 9.47 Å². The van der Waals surface area contributed by atoms with E-state index in [0.717, 1.165) is 50.7 Å². The molecule has 1 heterocycles. The molecule has 2 N–H and O–H groups in total. The summed E-state index contributed by atoms with van der Waals surface area (Å²) in [6.07, 6.45) is 3.81. The molecule has 0 aliphatic heterocycles. The van der Waals surface area contributed by atoms with Crippen LogP contribution in [0.15, 0.2) is 18.3 Å². The molecule has 18 heavy (non-hydrogen) atoms. The summed E-state index contributed by atoms with van der Waals surface area (Å²) in [6.45, 7) is 3.32. The first-order valence-electron chi connectivity index (χ1n) is 6.28. The highest BCUT2D eigenvalue weighted by Gasteiger charge is 1.95. The number of hydrogen-bond acceptors (Lipinski definition) is 5. The first kappa shape index (κ1) is 14.7. The highest BCUT2D eigenvalue weighted by atomic mass is 16.5. The summed E-state index contributed by atoms with van der Waals surface area (Å²) in [4.78, 5) is 4.33. The Hall–Kier alpha value is -1.33. The Balaban J connectivity index is 2.20. The number of rotatable bonds is 10. The first-order chi connectivity index (χ1) is 8.86. The maximum atomic E-state index is 4.99. The minimum atomic E-state index is 0.770. The monoisotopic (exact) mass is 253 g/mol. The smallest absolute Gasteiger partial charge is 0.126 e. The standard InChI is InChI=1S/C13H23N3O2/c1-17-9-3-7-14-12-5-6-13(16-11-12)15-8-4-10-18-2/h5-6,11,14H,3-4,7-10H2,1-2H3,(H,15,16). The molecule has 1 aromatic heterocycles. The zero-order chi connectivity index (χ0) is 13.1. The molecule has 0 fully saturated rings. The minimum absolute atomic E-state index is 0.770. The van der Waals surface area contributed by atoms with E-state index in [4.69, 9.17) is 9.47 Å². The molecule has 5 nitrogen and oxygen atoms in total. The van der Waals surface area contributed by atoms with Crippen molar-refractivity contribution in [1.29, 1.82) is 0 Å². The summed E-state index contributed by atoms with van der Waals surface area (Å²) in [5, 5.41) is 6.54. The Morgan fingerprint density at radius 2 is 1.67 bits per heavy atom. The van der Waals surface area contributed by atoms with Gasteiger partial charge in [0.2, 0.25) is 0 Å². The largest absolute Gasteiger partial charge is 0.385 e. The van der Waals surface area contributed by atoms with Crippen molar-refractivity contribution in [3.8, 4) is 0 Å². The second-order valence-corrected chi connectivity index (χ2v) is 3.98. The SMILES string of the molecule is COCCCNc1ccc(NCCCOC)nc1. The highest BCUT2D eigenvalue weighted by molar-refractivity contribution is 5.47. The van der Waals surface area contributed by atoms with Gasteiger partial charge in [0, 0.05) is 40.5 Å². The van der Waals surface area contributed by atoms with Crippen LogP contribution in [0.5, 0.6) is 0 Å². The van der Waals surface area contributed by atoms with Crippen molar-refractivity contribution in [1.82, 2.24) is 4.98 Å². The summed E-state index contributed by atoms with van der Waals surface area (Å²) >= 11 is 0. The fraction of sp³-hybridized carbons (Fsp3) is 0.615. The summed E-state index contributed by atoms with van der Waals surface area (Å²) in [5.41, 5.74) is 1.04. The lowest BCUT2D eigenvalue weighted by atomic mass is 10.3. The van der Waals surface area contributed by atoms with E-state index in [-0.39, 0.29) is 0 Å². The fourth-order valence-electron chi connectivity index (χ4n) is 1.49. The van der Waals surface area contributed by atoms with E-state index >= 15 is 0 Å². The molecule has 1 rings (SSSR count). The average molecular weight is 253 g/mol. The number of nitrogens with zero attached hydrogens (tertiary/aromatic N) is 1. The van der Waals surface area contributed by atoms with Crippen LogP contribution in [0.2, 0.25) is 0 Å². The van der Waals surface area contributed by atoms with E-state index in [2.05, 4.69) is 15.6 Å². The molecule has 102 valence electrons. The van der Waals surface area contributed by atoms with Gasteiger partial charge >= 0.3 is 0 Å². The van der Waals surface area contributed by atoms with Crippen LogP contribution < -0.4 is 10.6 Å². The van der Waals surface area contributed by atoms with Crippen LogP contribution in [0, 0.1) is 0 Å². The van der Waals surface area contributed by atoms with Gasteiger partial charge in [-0.15, -0.1) is 0 Å². The van der Waals surface area contributed by atoms with Crippen LogP contribution in [0.4, 0.5) is 11.5 Å². The van der Waals surface area contributed by atoms with E-state index in [0.29, 0.717) is 0 Å². The third-order valence-corrected chi connectivity index (χ3v) is 2.45. The first-order valence-corrected chi connectivity index (χ1v) is 6.28. The van der Waals surface area contributed by atoms with Gasteiger partial charge in [0.25, 0.3) is 0 Å². The third kappa shape index (κ3) is 6.42. The quantitative estimate of drug-likeness (QED) is 0.624. The van der Waals surface area contributed by atoms with Crippen molar-refractivity contribution >= 4 is 11.5 Å². The zero-order valence-corrected chi connectivity index (χ0v) is 11.2. The fourth-order valence-corrected chi connectivity index (χ4v) is 1.49. The summed E-state index contributed by atoms with van der Waals surface area (Å²) in [5.74, 6) is 0.897. The van der Waals surface area contributed by atoms with Crippen molar-refractivity contribution in [2.75, 3.05) is 51.2 Å². The Morgan fingerprint density at radius 1 is 1.00 bits per heavy atom. The lowest BCUT2D eigenvalue weighted by Crippen LogP contribution is -2.07. The van der Waals surface area contributed by atoms with E-state index in [1.54, 1.807) is 14.2 Å². The maximum Gasteiger partial charge on any atom is 0.126 e. The summed E-state index contributed by atoms with van der Waals surface area (Å²) in [6, 6.07) is 4.00. The predicted octanol–water partition coefficient (Wildman–Crippen LogP) is 1.98. The van der Waals surface area contributed by atoms with Crippen molar-refractivity contribution in [3.05, 3.63) is 18.3 Å². The van der Waals surface area contributed by atoms with Gasteiger partial charge in [-0.25, -0.2) is 4.98 Å². The predicted molar refractivity (Wildman–Crippen MR) is 74.2 cm³/mol. The molecule has 0 unspecified atom stereocenters. The van der Waals surface area contributed by atoms with Crippen LogP contribution in [0.25, 0.3) is 0 Å². The van der Waals surface area contributed by atoms with Gasteiger partial charge < -0.3 is 20.1 Å². The molecule has 0 amide bonds. The Kier molecular flexibility index (Phi) is 7.92. The highest BCUT2D eigenvalue weighted by Crippen LogP contribution is 2.09. The zero-order valence-electron chi connectivity index (χ0n) is 11.2. The molecule has 1 aromatic rings. The lowest BCUT2D eigenvalue weighted by molar-refractivity contribution is 0.197. The molecule has 0 spiro atoms. The average Bonchev–Trinajstić information content (AvgIpc) is 2.41. The molecule has 0 bridgehead atoms. The van der Waals surface area contributed by atoms with Gasteiger partial charge in [0.1, 0.15) is 5.82 Å². The van der Waals surface area contributed by atoms with Crippen molar-refractivity contribution in [2.24, 2.45) is 0 Å². The van der Waals surface area contributed by atoms with Crippen LogP contribution >= 0.6 is 0 Å². The molecular weight excluding hydrogens is 230 g/mol. The molecule has 0 atom stereocenters. The molecule has 0 aliphatic rings. The molecule has 0 saturated carbocycles. The number of aromatic nitrogens is 1.